The number of amides is 1. The van der Waals surface area contributed by atoms with Crippen LogP contribution in [0.15, 0.2) is 29.2 Å². The molecule has 1 aliphatic heterocycles. The minimum Gasteiger partial charge on any atom is -0.372 e. The average Bonchev–Trinajstić information content (AvgIpc) is 2.73. The summed E-state index contributed by atoms with van der Waals surface area (Å²) < 4.78 is 67.6. The zero-order chi connectivity index (χ0) is 23.8. The minimum atomic E-state index is -4.32. The highest BCUT2D eigenvalue weighted by Gasteiger charge is 2.27. The van der Waals surface area contributed by atoms with Crippen molar-refractivity contribution in [1.29, 1.82) is 0 Å². The lowest BCUT2D eigenvalue weighted by Gasteiger charge is -2.34. The fourth-order valence-corrected chi connectivity index (χ4v) is 4.23. The van der Waals surface area contributed by atoms with Gasteiger partial charge in [0.1, 0.15) is 6.61 Å². The molecule has 1 N–H and O–H groups in total. The zero-order valence-electron chi connectivity index (χ0n) is 17.9. The number of carbonyl (C=O) groups excluding carboxylic acids is 2. The van der Waals surface area contributed by atoms with Crippen LogP contribution in [0.2, 0.25) is 0 Å². The van der Waals surface area contributed by atoms with Crippen molar-refractivity contribution >= 4 is 21.7 Å². The quantitative estimate of drug-likeness (QED) is 0.383. The topological polar surface area (TPSA) is 96.0 Å². The number of ketones is 1. The maximum Gasteiger partial charge on any atom is 0.411 e. The highest BCUT2D eigenvalue weighted by molar-refractivity contribution is 7.89. The number of nitrogens with zero attached hydrogens (tertiary/aromatic N) is 2. The predicted octanol–water partition coefficient (Wildman–Crippen LogP) is 1.67. The van der Waals surface area contributed by atoms with Crippen molar-refractivity contribution in [3.63, 3.8) is 0 Å². The van der Waals surface area contributed by atoms with Gasteiger partial charge in [0.2, 0.25) is 15.9 Å². The fourth-order valence-electron chi connectivity index (χ4n) is 3.20. The van der Waals surface area contributed by atoms with Crippen molar-refractivity contribution in [1.82, 2.24) is 14.5 Å². The molecule has 2 rings (SSSR count). The molecule has 0 radical (unpaired) electrons. The van der Waals surface area contributed by atoms with E-state index in [1.165, 1.54) is 31.2 Å². The Morgan fingerprint density at radius 3 is 2.28 bits per heavy atom. The number of Topliss-reactive ketones (excluding diaryl/α,β-unsaturated/α-hetero) is 1. The second-order valence-electron chi connectivity index (χ2n) is 7.47. The van der Waals surface area contributed by atoms with Gasteiger partial charge >= 0.3 is 6.18 Å². The Morgan fingerprint density at radius 2 is 1.72 bits per heavy atom. The van der Waals surface area contributed by atoms with E-state index in [2.05, 4.69) is 9.46 Å². The molecule has 180 valence electrons. The Balaban J connectivity index is 1.66. The summed E-state index contributed by atoms with van der Waals surface area (Å²) in [6.07, 6.45) is -3.84. The van der Waals surface area contributed by atoms with Gasteiger partial charge in [-0.15, -0.1) is 0 Å². The van der Waals surface area contributed by atoms with Gasteiger partial charge in [0.05, 0.1) is 4.90 Å². The first-order valence-electron chi connectivity index (χ1n) is 10.2. The molecule has 0 bridgehead atoms. The van der Waals surface area contributed by atoms with E-state index in [0.717, 1.165) is 0 Å². The summed E-state index contributed by atoms with van der Waals surface area (Å²) in [5.74, 6) is -0.338. The summed E-state index contributed by atoms with van der Waals surface area (Å²) in [5, 5.41) is 0. The number of ether oxygens (including phenoxy) is 1. The Labute approximate surface area is 185 Å². The monoisotopic (exact) mass is 479 g/mol. The molecule has 32 heavy (non-hydrogen) atoms. The lowest BCUT2D eigenvalue weighted by atomic mass is 10.2. The molecule has 1 heterocycles. The normalized spacial score (nSPS) is 15.7. The molecule has 1 amide bonds. The van der Waals surface area contributed by atoms with Gasteiger partial charge in [-0.3, -0.25) is 14.5 Å². The van der Waals surface area contributed by atoms with E-state index < -0.39 is 22.8 Å². The largest absolute Gasteiger partial charge is 0.411 e. The maximum absolute atomic E-state index is 12.3. The van der Waals surface area contributed by atoms with Crippen LogP contribution in [-0.4, -0.2) is 88.6 Å². The fraction of sp³-hybridized carbons (Fsp3) is 0.600. The van der Waals surface area contributed by atoms with Crippen molar-refractivity contribution in [3.05, 3.63) is 29.8 Å². The molecule has 0 spiro atoms. The van der Waals surface area contributed by atoms with E-state index in [1.54, 1.807) is 4.90 Å². The van der Waals surface area contributed by atoms with Gasteiger partial charge in [-0.05, 0) is 25.5 Å². The van der Waals surface area contributed by atoms with Crippen molar-refractivity contribution in [3.8, 4) is 0 Å². The van der Waals surface area contributed by atoms with E-state index in [-0.39, 0.29) is 36.2 Å². The predicted molar refractivity (Wildman–Crippen MR) is 111 cm³/mol. The number of alkyl halides is 3. The first kappa shape index (κ1) is 26.2. The van der Waals surface area contributed by atoms with Crippen LogP contribution in [0.25, 0.3) is 0 Å². The molecule has 1 aromatic rings. The van der Waals surface area contributed by atoms with Gasteiger partial charge in [-0.2, -0.15) is 13.2 Å². The van der Waals surface area contributed by atoms with Gasteiger partial charge in [0, 0.05) is 57.9 Å². The Kier molecular flexibility index (Phi) is 9.62. The number of halogens is 3. The summed E-state index contributed by atoms with van der Waals surface area (Å²) in [6.45, 7) is 2.84. The SMILES string of the molecule is CC(=O)c1ccc(S(=O)(=O)NCCC(=O)N2CCN(CCCOCC(F)(F)F)CC2)cc1. The number of benzene rings is 1. The Hall–Kier alpha value is -2.02. The number of piperazine rings is 1. The second-order valence-corrected chi connectivity index (χ2v) is 9.24. The van der Waals surface area contributed by atoms with Crippen LogP contribution in [0, 0.1) is 0 Å². The first-order valence-corrected chi connectivity index (χ1v) is 11.7. The molecule has 1 saturated heterocycles. The van der Waals surface area contributed by atoms with Crippen molar-refractivity contribution < 1.29 is 35.9 Å². The number of rotatable bonds is 11. The van der Waals surface area contributed by atoms with Gasteiger partial charge in [-0.1, -0.05) is 12.1 Å². The van der Waals surface area contributed by atoms with Crippen LogP contribution < -0.4 is 4.72 Å². The third-order valence-electron chi connectivity index (χ3n) is 4.96. The molecule has 1 aromatic carbocycles. The van der Waals surface area contributed by atoms with Crippen molar-refractivity contribution in [2.24, 2.45) is 0 Å². The molecular weight excluding hydrogens is 451 g/mol. The lowest BCUT2D eigenvalue weighted by Crippen LogP contribution is -2.49. The van der Waals surface area contributed by atoms with Crippen LogP contribution in [0.4, 0.5) is 13.2 Å². The van der Waals surface area contributed by atoms with Gasteiger partial charge < -0.3 is 9.64 Å². The molecule has 0 aromatic heterocycles. The molecule has 1 fully saturated rings. The Bertz CT molecular complexity index is 867. The number of sulfonamides is 1. The zero-order valence-corrected chi connectivity index (χ0v) is 18.7. The van der Waals surface area contributed by atoms with Crippen molar-refractivity contribution in [2.75, 3.05) is 52.5 Å². The minimum absolute atomic E-state index is 0.00996. The van der Waals surface area contributed by atoms with Crippen LogP contribution >= 0.6 is 0 Å². The molecule has 0 saturated carbocycles. The van der Waals surface area contributed by atoms with Gasteiger partial charge in [0.25, 0.3) is 0 Å². The summed E-state index contributed by atoms with van der Waals surface area (Å²) >= 11 is 0. The summed E-state index contributed by atoms with van der Waals surface area (Å²) in [5.41, 5.74) is 0.409. The maximum atomic E-state index is 12.3. The smallest absolute Gasteiger partial charge is 0.372 e. The van der Waals surface area contributed by atoms with Crippen LogP contribution in [-0.2, 0) is 19.6 Å². The lowest BCUT2D eigenvalue weighted by molar-refractivity contribution is -0.174. The highest BCUT2D eigenvalue weighted by Crippen LogP contribution is 2.14. The third-order valence-corrected chi connectivity index (χ3v) is 6.43. The number of hydrogen-bond donors (Lipinski definition) is 1. The number of hydrogen-bond acceptors (Lipinski definition) is 6. The highest BCUT2D eigenvalue weighted by atomic mass is 32.2. The van der Waals surface area contributed by atoms with Crippen LogP contribution in [0.5, 0.6) is 0 Å². The third kappa shape index (κ3) is 8.85. The van der Waals surface area contributed by atoms with E-state index in [4.69, 9.17) is 0 Å². The van der Waals surface area contributed by atoms with Gasteiger partial charge in [-0.25, -0.2) is 13.1 Å². The molecule has 8 nitrogen and oxygen atoms in total. The number of nitrogens with one attached hydrogen (secondary N) is 1. The standard InChI is InChI=1S/C20H28F3N3O5S/c1-16(27)17-3-5-18(6-4-17)32(29,30)24-8-7-19(28)26-12-10-25(11-13-26)9-2-14-31-15-20(21,22)23/h3-6,24H,2,7-15H2,1H3. The molecule has 0 unspecified atom stereocenters. The van der Waals surface area contributed by atoms with E-state index in [0.29, 0.717) is 44.7 Å². The van der Waals surface area contributed by atoms with E-state index in [9.17, 15) is 31.2 Å². The summed E-state index contributed by atoms with van der Waals surface area (Å²) in [7, 11) is -3.78. The number of carbonyl (C=O) groups is 2. The van der Waals surface area contributed by atoms with Crippen molar-refractivity contribution in [2.45, 2.75) is 30.8 Å². The molecule has 12 heteroatoms. The van der Waals surface area contributed by atoms with E-state index >= 15 is 0 Å². The van der Waals surface area contributed by atoms with E-state index in [1.807, 2.05) is 4.90 Å². The Morgan fingerprint density at radius 1 is 1.09 bits per heavy atom. The first-order chi connectivity index (χ1) is 15.0. The van der Waals surface area contributed by atoms with Crippen LogP contribution in [0.3, 0.4) is 0 Å². The summed E-state index contributed by atoms with van der Waals surface area (Å²) in [4.78, 5) is 27.3. The van der Waals surface area contributed by atoms with Gasteiger partial charge in [0.15, 0.2) is 5.78 Å². The molecule has 0 aliphatic carbocycles. The molecular formula is C20H28F3N3O5S. The molecule has 0 atom stereocenters. The average molecular weight is 480 g/mol. The molecule has 1 aliphatic rings. The summed E-state index contributed by atoms with van der Waals surface area (Å²) in [6, 6.07) is 5.55. The van der Waals surface area contributed by atoms with Crippen LogP contribution in [0.1, 0.15) is 30.1 Å². The second kappa shape index (κ2) is 11.7.